The van der Waals surface area contributed by atoms with Gasteiger partial charge in [0.15, 0.2) is 0 Å². The number of hydrogen-bond donors (Lipinski definition) is 1. The Hall–Kier alpha value is -4.83. The standard InChI is InChI=1S/C31H20N2O2/c34-27-18-6-4-13-25(27)31-32-29-22(14-9-17-26(29)33(31)20-10-2-1-3-11-20)24-16-8-15-23-21-12-5-7-19-28(21)35-30(23)24/h1-19,34H. The predicted molar refractivity (Wildman–Crippen MR) is 141 cm³/mol. The molecule has 166 valence electrons. The smallest absolute Gasteiger partial charge is 0.149 e. The van der Waals surface area contributed by atoms with Crippen LogP contribution in [0.25, 0.3) is 61.2 Å². The molecule has 0 aliphatic rings. The predicted octanol–water partition coefficient (Wildman–Crippen LogP) is 7.96. The molecule has 0 saturated heterocycles. The van der Waals surface area contributed by atoms with Crippen LogP contribution < -0.4 is 0 Å². The first-order valence-electron chi connectivity index (χ1n) is 11.6. The third kappa shape index (κ3) is 2.97. The number of aromatic hydroxyl groups is 1. The maximum absolute atomic E-state index is 10.7. The lowest BCUT2D eigenvalue weighted by atomic mass is 10.0. The summed E-state index contributed by atoms with van der Waals surface area (Å²) in [6.07, 6.45) is 0. The lowest BCUT2D eigenvalue weighted by Crippen LogP contribution is -1.97. The fourth-order valence-corrected chi connectivity index (χ4v) is 4.96. The second-order valence-corrected chi connectivity index (χ2v) is 8.58. The molecule has 5 aromatic carbocycles. The van der Waals surface area contributed by atoms with Gasteiger partial charge in [-0.2, -0.15) is 0 Å². The summed E-state index contributed by atoms with van der Waals surface area (Å²) in [4.78, 5) is 5.12. The van der Waals surface area contributed by atoms with Crippen LogP contribution in [0.15, 0.2) is 120 Å². The Balaban J connectivity index is 1.58. The zero-order chi connectivity index (χ0) is 23.4. The van der Waals surface area contributed by atoms with Crippen molar-refractivity contribution in [3.05, 3.63) is 115 Å². The number of furan rings is 1. The SMILES string of the molecule is Oc1ccccc1-c1nc2c(-c3cccc4c3oc3ccccc34)cccc2n1-c1ccccc1. The molecule has 0 amide bonds. The third-order valence-corrected chi connectivity index (χ3v) is 6.54. The summed E-state index contributed by atoms with van der Waals surface area (Å²) in [6, 6.07) is 38.0. The average Bonchev–Trinajstić information content (AvgIpc) is 3.48. The molecule has 0 spiro atoms. The molecule has 35 heavy (non-hydrogen) atoms. The molecule has 2 aromatic heterocycles. The summed E-state index contributed by atoms with van der Waals surface area (Å²) in [7, 11) is 0. The number of phenols is 1. The lowest BCUT2D eigenvalue weighted by Gasteiger charge is -2.10. The minimum atomic E-state index is 0.195. The van der Waals surface area contributed by atoms with Crippen LogP contribution in [0, 0.1) is 0 Å². The van der Waals surface area contributed by atoms with Crippen molar-refractivity contribution in [2.45, 2.75) is 0 Å². The summed E-state index contributed by atoms with van der Waals surface area (Å²) in [5.74, 6) is 0.884. The summed E-state index contributed by atoms with van der Waals surface area (Å²) in [6.45, 7) is 0. The van der Waals surface area contributed by atoms with Crippen LogP contribution in [-0.4, -0.2) is 14.7 Å². The minimum absolute atomic E-state index is 0.195. The number of fused-ring (bicyclic) bond motifs is 4. The van der Waals surface area contributed by atoms with Gasteiger partial charge in [-0.05, 0) is 36.4 Å². The highest BCUT2D eigenvalue weighted by Gasteiger charge is 2.21. The molecule has 0 atom stereocenters. The van der Waals surface area contributed by atoms with Crippen LogP contribution in [0.5, 0.6) is 5.75 Å². The van der Waals surface area contributed by atoms with E-state index in [0.29, 0.717) is 11.4 Å². The Morgan fingerprint density at radius 1 is 0.600 bits per heavy atom. The number of nitrogens with zero attached hydrogens (tertiary/aromatic N) is 2. The fourth-order valence-electron chi connectivity index (χ4n) is 4.96. The number of hydrogen-bond acceptors (Lipinski definition) is 3. The molecule has 4 nitrogen and oxygen atoms in total. The molecule has 0 bridgehead atoms. The fraction of sp³-hybridized carbons (Fsp3) is 0. The van der Waals surface area contributed by atoms with Crippen molar-refractivity contribution >= 4 is 33.0 Å². The second kappa shape index (κ2) is 7.61. The van der Waals surface area contributed by atoms with E-state index in [0.717, 1.165) is 49.8 Å². The van der Waals surface area contributed by atoms with Crippen LogP contribution in [0.1, 0.15) is 0 Å². The Kier molecular flexibility index (Phi) is 4.26. The maximum Gasteiger partial charge on any atom is 0.149 e. The van der Waals surface area contributed by atoms with Gasteiger partial charge in [0.2, 0.25) is 0 Å². The number of phenolic OH excluding ortho intramolecular Hbond substituents is 1. The van der Waals surface area contributed by atoms with E-state index in [2.05, 4.69) is 59.2 Å². The molecule has 7 rings (SSSR count). The zero-order valence-corrected chi connectivity index (χ0v) is 18.7. The molecule has 0 radical (unpaired) electrons. The maximum atomic E-state index is 10.7. The van der Waals surface area contributed by atoms with Crippen molar-refractivity contribution in [3.8, 4) is 34.0 Å². The van der Waals surface area contributed by atoms with Gasteiger partial charge in [0, 0.05) is 27.6 Å². The number of para-hydroxylation sites is 5. The molecule has 0 fully saturated rings. The molecule has 2 heterocycles. The van der Waals surface area contributed by atoms with Gasteiger partial charge in [-0.25, -0.2) is 4.98 Å². The quantitative estimate of drug-likeness (QED) is 0.296. The first-order chi connectivity index (χ1) is 17.3. The highest BCUT2D eigenvalue weighted by Crippen LogP contribution is 2.40. The van der Waals surface area contributed by atoms with Gasteiger partial charge in [0.05, 0.1) is 16.6 Å². The Labute approximate surface area is 201 Å². The van der Waals surface area contributed by atoms with Crippen LogP contribution in [0.4, 0.5) is 0 Å². The number of aromatic nitrogens is 2. The van der Waals surface area contributed by atoms with Crippen molar-refractivity contribution in [2.75, 3.05) is 0 Å². The van der Waals surface area contributed by atoms with Gasteiger partial charge in [0.1, 0.15) is 22.7 Å². The average molecular weight is 453 g/mol. The van der Waals surface area contributed by atoms with Crippen LogP contribution >= 0.6 is 0 Å². The zero-order valence-electron chi connectivity index (χ0n) is 18.7. The molecule has 0 aliphatic heterocycles. The van der Waals surface area contributed by atoms with Gasteiger partial charge in [0.25, 0.3) is 0 Å². The van der Waals surface area contributed by atoms with E-state index in [1.54, 1.807) is 6.07 Å². The van der Waals surface area contributed by atoms with E-state index < -0.39 is 0 Å². The largest absolute Gasteiger partial charge is 0.507 e. The molecule has 7 aromatic rings. The summed E-state index contributed by atoms with van der Waals surface area (Å²) in [5, 5.41) is 12.9. The van der Waals surface area contributed by atoms with E-state index >= 15 is 0 Å². The van der Waals surface area contributed by atoms with E-state index in [1.807, 2.05) is 54.6 Å². The Morgan fingerprint density at radius 3 is 2.17 bits per heavy atom. The Bertz CT molecular complexity index is 1860. The monoisotopic (exact) mass is 452 g/mol. The third-order valence-electron chi connectivity index (χ3n) is 6.54. The van der Waals surface area contributed by atoms with Crippen molar-refractivity contribution in [1.82, 2.24) is 9.55 Å². The van der Waals surface area contributed by atoms with Crippen molar-refractivity contribution < 1.29 is 9.52 Å². The molecule has 0 saturated carbocycles. The van der Waals surface area contributed by atoms with Gasteiger partial charge in [-0.15, -0.1) is 0 Å². The van der Waals surface area contributed by atoms with E-state index in [4.69, 9.17) is 9.40 Å². The molecule has 1 N–H and O–H groups in total. The van der Waals surface area contributed by atoms with Gasteiger partial charge < -0.3 is 9.52 Å². The molecular weight excluding hydrogens is 432 g/mol. The first kappa shape index (κ1) is 19.6. The number of imidazole rings is 1. The van der Waals surface area contributed by atoms with Crippen LogP contribution in [0.3, 0.4) is 0 Å². The van der Waals surface area contributed by atoms with E-state index in [1.165, 1.54) is 0 Å². The molecule has 0 aliphatic carbocycles. The Morgan fingerprint density at radius 2 is 1.29 bits per heavy atom. The molecule has 0 unspecified atom stereocenters. The number of benzene rings is 5. The molecular formula is C31H20N2O2. The highest BCUT2D eigenvalue weighted by molar-refractivity contribution is 6.11. The molecule has 4 heteroatoms. The van der Waals surface area contributed by atoms with Gasteiger partial charge in [-0.1, -0.05) is 78.9 Å². The minimum Gasteiger partial charge on any atom is -0.507 e. The lowest BCUT2D eigenvalue weighted by molar-refractivity contribution is 0.477. The summed E-state index contributed by atoms with van der Waals surface area (Å²) >= 11 is 0. The number of rotatable bonds is 3. The van der Waals surface area contributed by atoms with Crippen LogP contribution in [-0.2, 0) is 0 Å². The summed E-state index contributed by atoms with van der Waals surface area (Å²) < 4.78 is 8.44. The van der Waals surface area contributed by atoms with E-state index in [-0.39, 0.29) is 5.75 Å². The highest BCUT2D eigenvalue weighted by atomic mass is 16.3. The normalized spacial score (nSPS) is 11.5. The summed E-state index contributed by atoms with van der Waals surface area (Å²) in [5.41, 5.74) is 7.16. The van der Waals surface area contributed by atoms with Gasteiger partial charge in [-0.3, -0.25) is 4.57 Å². The first-order valence-corrected chi connectivity index (χ1v) is 11.6. The van der Waals surface area contributed by atoms with Crippen molar-refractivity contribution in [3.63, 3.8) is 0 Å². The van der Waals surface area contributed by atoms with Crippen molar-refractivity contribution in [2.24, 2.45) is 0 Å². The second-order valence-electron chi connectivity index (χ2n) is 8.58. The van der Waals surface area contributed by atoms with Gasteiger partial charge >= 0.3 is 0 Å². The van der Waals surface area contributed by atoms with Crippen LogP contribution in [0.2, 0.25) is 0 Å². The topological polar surface area (TPSA) is 51.2 Å². The van der Waals surface area contributed by atoms with E-state index in [9.17, 15) is 5.11 Å². The van der Waals surface area contributed by atoms with Crippen molar-refractivity contribution in [1.29, 1.82) is 0 Å².